The maximum atomic E-state index is 12.6. The van der Waals surface area contributed by atoms with E-state index >= 15 is 0 Å². The zero-order valence-electron chi connectivity index (χ0n) is 16.3. The summed E-state index contributed by atoms with van der Waals surface area (Å²) < 4.78 is 35.1. The molecule has 8 heteroatoms. The molecule has 1 aliphatic rings. The fourth-order valence-corrected chi connectivity index (χ4v) is 4.70. The first-order valence-electron chi connectivity index (χ1n) is 9.69. The van der Waals surface area contributed by atoms with Crippen molar-refractivity contribution in [1.82, 2.24) is 19.5 Å². The highest BCUT2D eigenvalue weighted by molar-refractivity contribution is 7.89. The van der Waals surface area contributed by atoms with Gasteiger partial charge in [0.05, 0.1) is 36.0 Å². The fraction of sp³-hybridized carbons (Fsp3) is 0.333. The summed E-state index contributed by atoms with van der Waals surface area (Å²) in [7, 11) is -2.09. The van der Waals surface area contributed by atoms with Crippen molar-refractivity contribution in [2.24, 2.45) is 0 Å². The lowest BCUT2D eigenvalue weighted by molar-refractivity contribution is 0.414. The number of nitrogens with zero attached hydrogens (tertiary/aromatic N) is 3. The van der Waals surface area contributed by atoms with Gasteiger partial charge >= 0.3 is 0 Å². The third kappa shape index (κ3) is 4.33. The van der Waals surface area contributed by atoms with E-state index in [4.69, 9.17) is 9.84 Å². The molecule has 1 aliphatic carbocycles. The summed E-state index contributed by atoms with van der Waals surface area (Å²) >= 11 is 0. The van der Waals surface area contributed by atoms with Gasteiger partial charge in [0.1, 0.15) is 5.75 Å². The van der Waals surface area contributed by atoms with Crippen molar-refractivity contribution in [2.75, 3.05) is 7.11 Å². The van der Waals surface area contributed by atoms with Crippen molar-refractivity contribution >= 4 is 10.0 Å². The molecule has 3 aromatic rings. The van der Waals surface area contributed by atoms with Gasteiger partial charge in [0.25, 0.3) is 0 Å². The lowest BCUT2D eigenvalue weighted by Gasteiger charge is -2.14. The predicted molar refractivity (Wildman–Crippen MR) is 110 cm³/mol. The van der Waals surface area contributed by atoms with Crippen LogP contribution in [-0.2, 0) is 16.6 Å². The van der Waals surface area contributed by atoms with Crippen molar-refractivity contribution < 1.29 is 13.2 Å². The van der Waals surface area contributed by atoms with E-state index in [1.807, 2.05) is 18.2 Å². The number of sulfonamides is 1. The van der Waals surface area contributed by atoms with Crippen LogP contribution in [0.5, 0.6) is 5.75 Å². The van der Waals surface area contributed by atoms with Crippen LogP contribution >= 0.6 is 0 Å². The SMILES string of the molecule is COc1ccc(S(=O)(=O)NCc2cc(-c3ccncc3)n(C3CCCC3)n2)cc1. The summed E-state index contributed by atoms with van der Waals surface area (Å²) in [6, 6.07) is 12.5. The van der Waals surface area contributed by atoms with Gasteiger partial charge in [-0.15, -0.1) is 0 Å². The molecule has 0 radical (unpaired) electrons. The maximum Gasteiger partial charge on any atom is 0.240 e. The van der Waals surface area contributed by atoms with E-state index < -0.39 is 10.0 Å². The summed E-state index contributed by atoms with van der Waals surface area (Å²) in [6.45, 7) is 0.131. The molecule has 0 unspecified atom stereocenters. The molecule has 152 valence electrons. The second-order valence-corrected chi connectivity index (χ2v) is 8.91. The molecular weight excluding hydrogens is 388 g/mol. The third-order valence-electron chi connectivity index (χ3n) is 5.25. The van der Waals surface area contributed by atoms with Gasteiger partial charge in [0, 0.05) is 18.0 Å². The van der Waals surface area contributed by atoms with Crippen molar-refractivity contribution in [3.63, 3.8) is 0 Å². The number of hydrogen-bond donors (Lipinski definition) is 1. The minimum absolute atomic E-state index is 0.131. The molecule has 1 saturated carbocycles. The van der Waals surface area contributed by atoms with Gasteiger partial charge in [-0.3, -0.25) is 9.67 Å². The molecule has 0 saturated heterocycles. The Morgan fingerprint density at radius 3 is 2.45 bits per heavy atom. The Morgan fingerprint density at radius 1 is 1.10 bits per heavy atom. The lowest BCUT2D eigenvalue weighted by Crippen LogP contribution is -2.23. The highest BCUT2D eigenvalue weighted by Gasteiger charge is 2.23. The highest BCUT2D eigenvalue weighted by atomic mass is 32.2. The minimum atomic E-state index is -3.64. The normalized spacial score (nSPS) is 14.9. The summed E-state index contributed by atoms with van der Waals surface area (Å²) in [5, 5.41) is 4.74. The van der Waals surface area contributed by atoms with Gasteiger partial charge in [0.15, 0.2) is 0 Å². The minimum Gasteiger partial charge on any atom is -0.497 e. The van der Waals surface area contributed by atoms with Gasteiger partial charge in [-0.25, -0.2) is 13.1 Å². The van der Waals surface area contributed by atoms with Crippen LogP contribution in [0.3, 0.4) is 0 Å². The average Bonchev–Trinajstić information content (AvgIpc) is 3.43. The van der Waals surface area contributed by atoms with E-state index in [2.05, 4.69) is 14.4 Å². The molecule has 1 N–H and O–H groups in total. The summed E-state index contributed by atoms with van der Waals surface area (Å²) in [5.74, 6) is 0.612. The van der Waals surface area contributed by atoms with Gasteiger partial charge in [-0.2, -0.15) is 5.10 Å². The Morgan fingerprint density at radius 2 is 1.79 bits per heavy atom. The molecule has 1 fully saturated rings. The van der Waals surface area contributed by atoms with Crippen molar-refractivity contribution in [2.45, 2.75) is 43.2 Å². The van der Waals surface area contributed by atoms with Crippen LogP contribution in [0.1, 0.15) is 37.4 Å². The summed E-state index contributed by atoms with van der Waals surface area (Å²) in [4.78, 5) is 4.29. The van der Waals surface area contributed by atoms with Gasteiger partial charge in [-0.1, -0.05) is 12.8 Å². The molecule has 2 aromatic heterocycles. The van der Waals surface area contributed by atoms with Crippen LogP contribution in [0.4, 0.5) is 0 Å². The number of aromatic nitrogens is 3. The summed E-state index contributed by atoms with van der Waals surface area (Å²) in [5.41, 5.74) is 2.72. The van der Waals surface area contributed by atoms with Gasteiger partial charge in [-0.05, 0) is 55.3 Å². The number of pyridine rings is 1. The van der Waals surface area contributed by atoms with Crippen LogP contribution < -0.4 is 9.46 Å². The first kappa shape index (κ1) is 19.6. The van der Waals surface area contributed by atoms with E-state index in [1.165, 1.54) is 25.0 Å². The Bertz CT molecular complexity index is 1060. The van der Waals surface area contributed by atoms with Crippen LogP contribution in [-0.4, -0.2) is 30.3 Å². The van der Waals surface area contributed by atoms with Crippen LogP contribution in [0.2, 0.25) is 0 Å². The molecule has 0 atom stereocenters. The Labute approximate surface area is 170 Å². The Balaban J connectivity index is 1.57. The largest absolute Gasteiger partial charge is 0.497 e. The molecule has 0 bridgehead atoms. The van der Waals surface area contributed by atoms with E-state index in [0.29, 0.717) is 17.5 Å². The molecule has 0 amide bonds. The third-order valence-corrected chi connectivity index (χ3v) is 6.66. The molecule has 29 heavy (non-hydrogen) atoms. The molecular formula is C21H24N4O3S. The average molecular weight is 413 g/mol. The van der Waals surface area contributed by atoms with Crippen LogP contribution in [0, 0.1) is 0 Å². The van der Waals surface area contributed by atoms with Crippen molar-refractivity contribution in [3.8, 4) is 17.0 Å². The Kier molecular flexibility index (Phi) is 5.64. The highest BCUT2D eigenvalue weighted by Crippen LogP contribution is 2.33. The first-order valence-corrected chi connectivity index (χ1v) is 11.2. The standard InChI is InChI=1S/C21H24N4O3S/c1-28-19-6-8-20(9-7-19)29(26,27)23-15-17-14-21(16-10-12-22-13-11-16)25(24-17)18-4-2-3-5-18/h6-14,18,23H,2-5,15H2,1H3. The number of benzene rings is 1. The molecule has 7 nitrogen and oxygen atoms in total. The van der Waals surface area contributed by atoms with Gasteiger partial charge < -0.3 is 4.74 Å². The first-order chi connectivity index (χ1) is 14.1. The lowest BCUT2D eigenvalue weighted by atomic mass is 10.1. The number of rotatable bonds is 7. The van der Waals surface area contributed by atoms with Gasteiger partial charge in [0.2, 0.25) is 10.0 Å². The van der Waals surface area contributed by atoms with Crippen LogP contribution in [0.25, 0.3) is 11.3 Å². The second kappa shape index (κ2) is 8.34. The zero-order valence-corrected chi connectivity index (χ0v) is 17.1. The Hall–Kier alpha value is -2.71. The molecule has 2 heterocycles. The number of hydrogen-bond acceptors (Lipinski definition) is 5. The van der Waals surface area contributed by atoms with E-state index in [9.17, 15) is 8.42 Å². The quantitative estimate of drug-likeness (QED) is 0.641. The van der Waals surface area contributed by atoms with E-state index in [0.717, 1.165) is 24.1 Å². The smallest absolute Gasteiger partial charge is 0.240 e. The topological polar surface area (TPSA) is 86.1 Å². The predicted octanol–water partition coefficient (Wildman–Crippen LogP) is 3.55. The molecule has 4 rings (SSSR count). The molecule has 0 spiro atoms. The van der Waals surface area contributed by atoms with E-state index in [-0.39, 0.29) is 11.4 Å². The molecule has 0 aliphatic heterocycles. The fourth-order valence-electron chi connectivity index (χ4n) is 3.70. The number of methoxy groups -OCH3 is 1. The van der Waals surface area contributed by atoms with Crippen LogP contribution in [0.15, 0.2) is 59.8 Å². The summed E-state index contributed by atoms with van der Waals surface area (Å²) in [6.07, 6.45) is 8.09. The maximum absolute atomic E-state index is 12.6. The van der Waals surface area contributed by atoms with Crippen molar-refractivity contribution in [3.05, 3.63) is 60.6 Å². The number of ether oxygens (including phenoxy) is 1. The number of nitrogens with one attached hydrogen (secondary N) is 1. The second-order valence-electron chi connectivity index (χ2n) is 7.14. The van der Waals surface area contributed by atoms with E-state index in [1.54, 1.807) is 31.6 Å². The van der Waals surface area contributed by atoms with Crippen molar-refractivity contribution in [1.29, 1.82) is 0 Å². The monoisotopic (exact) mass is 412 g/mol. The molecule has 1 aromatic carbocycles. The zero-order chi connectivity index (χ0) is 20.3.